The van der Waals surface area contributed by atoms with Crippen molar-refractivity contribution >= 4 is 22.0 Å². The van der Waals surface area contributed by atoms with Gasteiger partial charge in [-0.1, -0.05) is 52.3 Å². The zero-order chi connectivity index (χ0) is 14.9. The maximum atomic E-state index is 4.93. The lowest BCUT2D eigenvalue weighted by atomic mass is 10.1. The second kappa shape index (κ2) is 5.58. The fourth-order valence-electron chi connectivity index (χ4n) is 2.91. The summed E-state index contributed by atoms with van der Waals surface area (Å²) in [5.74, 6) is 1.00. The average Bonchev–Trinajstić information content (AvgIpc) is 2.95. The predicted octanol–water partition coefficient (Wildman–Crippen LogP) is 5.26. The number of aromatic nitrogens is 2. The van der Waals surface area contributed by atoms with Gasteiger partial charge in [0, 0.05) is 15.7 Å². The standard InChI is InChI=1S/C19H15BrN2/c20-15-8-6-7-14(13-15)19-21-17-11-4-5-12-18(17)22(19)16-9-2-1-3-10-16/h1-3,5-10,12-13H,4,11H2. The van der Waals surface area contributed by atoms with Crippen molar-refractivity contribution in [1.29, 1.82) is 0 Å². The first-order valence-corrected chi connectivity index (χ1v) is 8.22. The van der Waals surface area contributed by atoms with E-state index in [-0.39, 0.29) is 0 Å². The minimum Gasteiger partial charge on any atom is -0.293 e. The van der Waals surface area contributed by atoms with Crippen LogP contribution in [-0.4, -0.2) is 9.55 Å². The number of halogens is 1. The summed E-state index contributed by atoms with van der Waals surface area (Å²) in [5, 5.41) is 0. The lowest BCUT2D eigenvalue weighted by Gasteiger charge is -2.12. The molecule has 1 aliphatic carbocycles. The van der Waals surface area contributed by atoms with Gasteiger partial charge in [-0.25, -0.2) is 4.98 Å². The van der Waals surface area contributed by atoms with E-state index in [0.29, 0.717) is 0 Å². The molecule has 2 nitrogen and oxygen atoms in total. The fourth-order valence-corrected chi connectivity index (χ4v) is 3.31. The molecule has 0 atom stereocenters. The Morgan fingerprint density at radius 2 is 1.86 bits per heavy atom. The van der Waals surface area contributed by atoms with E-state index in [1.165, 1.54) is 11.4 Å². The van der Waals surface area contributed by atoms with E-state index in [1.807, 2.05) is 12.1 Å². The number of para-hydroxylation sites is 1. The van der Waals surface area contributed by atoms with Gasteiger partial charge in [0.15, 0.2) is 0 Å². The van der Waals surface area contributed by atoms with Crippen LogP contribution in [0.3, 0.4) is 0 Å². The number of imidazole rings is 1. The molecule has 1 aromatic heterocycles. The summed E-state index contributed by atoms with van der Waals surface area (Å²) in [6, 6.07) is 18.8. The number of hydrogen-bond acceptors (Lipinski definition) is 1. The third kappa shape index (κ3) is 2.32. The van der Waals surface area contributed by atoms with Gasteiger partial charge in [0.25, 0.3) is 0 Å². The minimum absolute atomic E-state index is 1.00. The number of aryl methyl sites for hydroxylation is 1. The van der Waals surface area contributed by atoms with Crippen molar-refractivity contribution in [3.8, 4) is 17.1 Å². The number of nitrogens with zero attached hydrogens (tertiary/aromatic N) is 2. The molecule has 1 aliphatic rings. The van der Waals surface area contributed by atoms with Crippen LogP contribution in [0, 0.1) is 0 Å². The highest BCUT2D eigenvalue weighted by atomic mass is 79.9. The molecule has 0 saturated carbocycles. The summed E-state index contributed by atoms with van der Waals surface area (Å²) in [4.78, 5) is 4.93. The van der Waals surface area contributed by atoms with E-state index >= 15 is 0 Å². The van der Waals surface area contributed by atoms with E-state index in [0.717, 1.165) is 34.4 Å². The van der Waals surface area contributed by atoms with Gasteiger partial charge < -0.3 is 0 Å². The average molecular weight is 351 g/mol. The quantitative estimate of drug-likeness (QED) is 0.616. The molecule has 3 heteroatoms. The molecule has 22 heavy (non-hydrogen) atoms. The number of hydrogen-bond donors (Lipinski definition) is 0. The zero-order valence-electron chi connectivity index (χ0n) is 12.0. The van der Waals surface area contributed by atoms with Crippen molar-refractivity contribution in [1.82, 2.24) is 9.55 Å². The van der Waals surface area contributed by atoms with Crippen LogP contribution in [0.5, 0.6) is 0 Å². The summed E-state index contributed by atoms with van der Waals surface area (Å²) >= 11 is 3.56. The van der Waals surface area contributed by atoms with Gasteiger partial charge in [-0.05, 0) is 43.2 Å². The number of allylic oxidation sites excluding steroid dienone is 1. The molecule has 0 radical (unpaired) electrons. The van der Waals surface area contributed by atoms with Crippen LogP contribution in [0.2, 0.25) is 0 Å². The van der Waals surface area contributed by atoms with Gasteiger partial charge in [0.2, 0.25) is 0 Å². The predicted molar refractivity (Wildman–Crippen MR) is 94.1 cm³/mol. The zero-order valence-corrected chi connectivity index (χ0v) is 13.6. The maximum absolute atomic E-state index is 4.93. The molecule has 0 bridgehead atoms. The van der Waals surface area contributed by atoms with Gasteiger partial charge >= 0.3 is 0 Å². The topological polar surface area (TPSA) is 17.8 Å². The van der Waals surface area contributed by atoms with Crippen LogP contribution < -0.4 is 0 Å². The Morgan fingerprint density at radius 1 is 1.00 bits per heavy atom. The van der Waals surface area contributed by atoms with Crippen molar-refractivity contribution in [3.63, 3.8) is 0 Å². The summed E-state index contributed by atoms with van der Waals surface area (Å²) in [6.45, 7) is 0. The van der Waals surface area contributed by atoms with Crippen LogP contribution in [0.15, 0.2) is 65.1 Å². The van der Waals surface area contributed by atoms with Gasteiger partial charge in [-0.3, -0.25) is 4.57 Å². The monoisotopic (exact) mass is 350 g/mol. The van der Waals surface area contributed by atoms with Crippen LogP contribution >= 0.6 is 15.9 Å². The minimum atomic E-state index is 1.00. The van der Waals surface area contributed by atoms with Crippen molar-refractivity contribution < 1.29 is 0 Å². The van der Waals surface area contributed by atoms with Crippen molar-refractivity contribution in [2.24, 2.45) is 0 Å². The van der Waals surface area contributed by atoms with E-state index in [2.05, 4.69) is 75.1 Å². The molecule has 0 N–H and O–H groups in total. The van der Waals surface area contributed by atoms with E-state index in [1.54, 1.807) is 0 Å². The molecule has 1 heterocycles. The molecule has 108 valence electrons. The Hall–Kier alpha value is -2.13. The maximum Gasteiger partial charge on any atom is 0.145 e. The SMILES string of the molecule is Brc1cccc(-c2nc3c(n2-c2ccccc2)C=CCC3)c1. The number of rotatable bonds is 2. The molecule has 3 aromatic rings. The molecular weight excluding hydrogens is 336 g/mol. The molecular formula is C19H15BrN2. The third-order valence-corrected chi connectivity index (χ3v) is 4.40. The first kappa shape index (κ1) is 13.5. The Labute approximate surface area is 138 Å². The largest absolute Gasteiger partial charge is 0.293 e. The smallest absolute Gasteiger partial charge is 0.145 e. The van der Waals surface area contributed by atoms with E-state index < -0.39 is 0 Å². The Balaban J connectivity index is 1.99. The highest BCUT2D eigenvalue weighted by molar-refractivity contribution is 9.10. The molecule has 0 unspecified atom stereocenters. The first-order chi connectivity index (χ1) is 10.8. The van der Waals surface area contributed by atoms with Gasteiger partial charge in [-0.2, -0.15) is 0 Å². The Bertz CT molecular complexity index is 847. The second-order valence-corrected chi connectivity index (χ2v) is 6.31. The summed E-state index contributed by atoms with van der Waals surface area (Å²) < 4.78 is 3.33. The summed E-state index contributed by atoms with van der Waals surface area (Å²) in [7, 11) is 0. The third-order valence-electron chi connectivity index (χ3n) is 3.91. The van der Waals surface area contributed by atoms with E-state index in [4.69, 9.17) is 4.98 Å². The van der Waals surface area contributed by atoms with Crippen LogP contribution in [0.4, 0.5) is 0 Å². The Morgan fingerprint density at radius 3 is 2.68 bits per heavy atom. The van der Waals surface area contributed by atoms with Gasteiger partial charge in [0.05, 0.1) is 11.4 Å². The van der Waals surface area contributed by atoms with Gasteiger partial charge in [0.1, 0.15) is 5.82 Å². The normalized spacial score (nSPS) is 13.1. The highest BCUT2D eigenvalue weighted by Crippen LogP contribution is 2.31. The van der Waals surface area contributed by atoms with Gasteiger partial charge in [-0.15, -0.1) is 0 Å². The number of benzene rings is 2. The molecule has 4 rings (SSSR count). The lowest BCUT2D eigenvalue weighted by molar-refractivity contribution is 0.936. The molecule has 0 fully saturated rings. The summed E-state index contributed by atoms with van der Waals surface area (Å²) in [6.07, 6.45) is 6.50. The fraction of sp³-hybridized carbons (Fsp3) is 0.105. The van der Waals surface area contributed by atoms with Crippen molar-refractivity contribution in [3.05, 3.63) is 76.5 Å². The molecule has 0 saturated heterocycles. The molecule has 2 aromatic carbocycles. The Kier molecular flexibility index (Phi) is 3.43. The molecule has 0 aliphatic heterocycles. The highest BCUT2D eigenvalue weighted by Gasteiger charge is 2.19. The first-order valence-electron chi connectivity index (χ1n) is 7.42. The van der Waals surface area contributed by atoms with Crippen molar-refractivity contribution in [2.75, 3.05) is 0 Å². The molecule has 0 spiro atoms. The lowest BCUT2D eigenvalue weighted by Crippen LogP contribution is -2.01. The van der Waals surface area contributed by atoms with Crippen molar-refractivity contribution in [2.45, 2.75) is 12.8 Å². The van der Waals surface area contributed by atoms with Crippen LogP contribution in [0.25, 0.3) is 23.2 Å². The molecule has 0 amide bonds. The van der Waals surface area contributed by atoms with Crippen LogP contribution in [-0.2, 0) is 6.42 Å². The number of fused-ring (bicyclic) bond motifs is 1. The second-order valence-electron chi connectivity index (χ2n) is 5.39. The van der Waals surface area contributed by atoms with Crippen LogP contribution in [0.1, 0.15) is 17.8 Å². The summed E-state index contributed by atoms with van der Waals surface area (Å²) in [5.41, 5.74) is 4.66. The van der Waals surface area contributed by atoms with E-state index in [9.17, 15) is 0 Å².